The normalized spacial score (nSPS) is 11.7. The third-order valence-electron chi connectivity index (χ3n) is 6.03. The third kappa shape index (κ3) is 4.23. The van der Waals surface area contributed by atoms with E-state index in [4.69, 9.17) is 18.9 Å². The Hall–Kier alpha value is -3.25. The molecule has 0 bridgehead atoms. The van der Waals surface area contributed by atoms with Gasteiger partial charge in [-0.1, -0.05) is 30.3 Å². The highest BCUT2D eigenvalue weighted by atomic mass is 79.9. The monoisotopic (exact) mass is 507 g/mol. The Morgan fingerprint density at radius 1 is 0.818 bits per heavy atom. The lowest BCUT2D eigenvalue weighted by atomic mass is 9.95. The van der Waals surface area contributed by atoms with E-state index in [0.717, 1.165) is 58.0 Å². The second kappa shape index (κ2) is 9.71. The molecule has 5 rings (SSSR count). The fourth-order valence-electron chi connectivity index (χ4n) is 4.37. The smallest absolute Gasteiger partial charge is 0.213 e. The predicted molar refractivity (Wildman–Crippen MR) is 124 cm³/mol. The van der Waals surface area contributed by atoms with Crippen molar-refractivity contribution in [3.8, 4) is 34.3 Å². The summed E-state index contributed by atoms with van der Waals surface area (Å²) < 4.78 is 25.3. The Labute approximate surface area is 204 Å². The fraction of sp³-hybridized carbons (Fsp3) is 0.222. The summed E-state index contributed by atoms with van der Waals surface area (Å²) in [6, 6.07) is 20.6. The van der Waals surface area contributed by atoms with E-state index in [-0.39, 0.29) is 17.0 Å². The van der Waals surface area contributed by atoms with Crippen LogP contribution in [0.4, 0.5) is 0 Å². The quantitative estimate of drug-likeness (QED) is 0.374. The van der Waals surface area contributed by atoms with Gasteiger partial charge in [-0.3, -0.25) is 0 Å². The summed E-state index contributed by atoms with van der Waals surface area (Å²) in [6.07, 6.45) is 3.09. The summed E-state index contributed by atoms with van der Waals surface area (Å²) in [6.45, 7) is 1.36. The maximum Gasteiger partial charge on any atom is 0.213 e. The van der Waals surface area contributed by atoms with Crippen LogP contribution in [0.3, 0.4) is 0 Å². The zero-order valence-electron chi connectivity index (χ0n) is 18.9. The number of hydrogen-bond acceptors (Lipinski definition) is 4. The van der Waals surface area contributed by atoms with Crippen LogP contribution in [0.5, 0.6) is 23.0 Å². The average Bonchev–Trinajstić information content (AvgIpc) is 2.85. The minimum Gasteiger partial charge on any atom is -1.00 e. The van der Waals surface area contributed by atoms with E-state index >= 15 is 0 Å². The van der Waals surface area contributed by atoms with E-state index in [0.29, 0.717) is 6.61 Å². The number of fused-ring (bicyclic) bond motifs is 4. The summed E-state index contributed by atoms with van der Waals surface area (Å²) in [5, 5.41) is 2.13. The number of hydrogen-bond donors (Lipinski definition) is 0. The summed E-state index contributed by atoms with van der Waals surface area (Å²) in [5.41, 5.74) is 4.69. The Bertz CT molecular complexity index is 1290. The maximum absolute atomic E-state index is 6.28. The number of methoxy groups -OCH3 is 3. The number of nitrogens with zero attached hydrogens (tertiary/aromatic N) is 1. The number of aromatic nitrogens is 1. The Kier molecular flexibility index (Phi) is 6.75. The predicted octanol–water partition coefficient (Wildman–Crippen LogP) is 1.96. The van der Waals surface area contributed by atoms with Crippen molar-refractivity contribution in [1.82, 2.24) is 0 Å². The highest BCUT2D eigenvalue weighted by Gasteiger charge is 2.27. The second-order valence-electron chi connectivity index (χ2n) is 7.84. The highest BCUT2D eigenvalue weighted by molar-refractivity contribution is 5.91. The van der Waals surface area contributed by atoms with Gasteiger partial charge in [0.1, 0.15) is 6.61 Å². The molecule has 170 valence electrons. The topological polar surface area (TPSA) is 40.8 Å². The molecular weight excluding hydrogens is 482 g/mol. The van der Waals surface area contributed by atoms with Crippen LogP contribution >= 0.6 is 0 Å². The van der Waals surface area contributed by atoms with E-state index in [1.807, 2.05) is 24.3 Å². The first-order valence-electron chi connectivity index (χ1n) is 10.7. The van der Waals surface area contributed by atoms with Crippen LogP contribution in [-0.4, -0.2) is 21.3 Å². The summed E-state index contributed by atoms with van der Waals surface area (Å²) in [7, 11) is 5.02. The van der Waals surface area contributed by atoms with E-state index in [1.165, 1.54) is 11.1 Å². The van der Waals surface area contributed by atoms with Gasteiger partial charge in [-0.05, 0) is 40.8 Å². The number of benzene rings is 3. The molecule has 0 amide bonds. The van der Waals surface area contributed by atoms with Crippen LogP contribution in [0.1, 0.15) is 11.1 Å². The van der Waals surface area contributed by atoms with Crippen molar-refractivity contribution in [3.63, 3.8) is 0 Å². The van der Waals surface area contributed by atoms with Crippen molar-refractivity contribution in [2.75, 3.05) is 21.3 Å². The summed E-state index contributed by atoms with van der Waals surface area (Å²) >= 11 is 0. The molecule has 6 heteroatoms. The highest BCUT2D eigenvalue weighted by Crippen LogP contribution is 2.40. The lowest BCUT2D eigenvalue weighted by Gasteiger charge is -2.19. The maximum atomic E-state index is 6.28. The molecule has 0 fully saturated rings. The van der Waals surface area contributed by atoms with E-state index in [2.05, 4.69) is 47.2 Å². The SMILES string of the molecule is COc1cc2c(cc1OC)-c1cc3ccc(OC)c(OCc4ccccc4)c3c[n+]1CC2.[Br-]. The van der Waals surface area contributed by atoms with Crippen LogP contribution in [0.2, 0.25) is 0 Å². The number of ether oxygens (including phenoxy) is 4. The molecule has 0 N–H and O–H groups in total. The Balaban J connectivity index is 0.00000259. The van der Waals surface area contributed by atoms with Crippen LogP contribution < -0.4 is 40.5 Å². The molecule has 0 unspecified atom stereocenters. The van der Waals surface area contributed by atoms with E-state index < -0.39 is 0 Å². The van der Waals surface area contributed by atoms with Crippen molar-refractivity contribution >= 4 is 10.8 Å². The zero-order valence-corrected chi connectivity index (χ0v) is 20.5. The van der Waals surface area contributed by atoms with Gasteiger partial charge in [-0.2, -0.15) is 4.57 Å². The minimum atomic E-state index is 0. The average molecular weight is 508 g/mol. The van der Waals surface area contributed by atoms with Gasteiger partial charge in [0.2, 0.25) is 5.69 Å². The summed E-state index contributed by atoms with van der Waals surface area (Å²) in [5.74, 6) is 3.00. The number of pyridine rings is 1. The first-order chi connectivity index (χ1) is 15.7. The van der Waals surface area contributed by atoms with Crippen LogP contribution in [0.25, 0.3) is 22.0 Å². The van der Waals surface area contributed by atoms with Gasteiger partial charge in [-0.25, -0.2) is 0 Å². The Morgan fingerprint density at radius 2 is 1.55 bits per heavy atom. The van der Waals surface area contributed by atoms with Gasteiger partial charge in [0, 0.05) is 12.5 Å². The molecule has 0 saturated heterocycles. The molecule has 2 heterocycles. The first-order valence-corrected chi connectivity index (χ1v) is 10.7. The largest absolute Gasteiger partial charge is 1.00 e. The van der Waals surface area contributed by atoms with Crippen molar-refractivity contribution in [2.45, 2.75) is 19.6 Å². The molecule has 0 atom stereocenters. The molecule has 0 radical (unpaired) electrons. The van der Waals surface area contributed by atoms with E-state index in [1.54, 1.807) is 21.3 Å². The number of aryl methyl sites for hydroxylation is 2. The van der Waals surface area contributed by atoms with Crippen LogP contribution in [0.15, 0.2) is 66.9 Å². The number of halogens is 1. The van der Waals surface area contributed by atoms with Crippen molar-refractivity contribution in [3.05, 3.63) is 78.0 Å². The molecular formula is C27H26BrNO4. The van der Waals surface area contributed by atoms with Crippen molar-refractivity contribution in [2.24, 2.45) is 0 Å². The first kappa shape index (κ1) is 22.9. The standard InChI is InChI=1S/C27H26NO4.BrH/c1-29-24-10-9-19-13-23-21-15-26(31-3)25(30-2)14-20(21)11-12-28(23)16-22(19)27(24)32-17-18-7-5-4-6-8-18;/h4-10,13-16H,11-12,17H2,1-3H3;1H/q+1;/p-1. The lowest BCUT2D eigenvalue weighted by molar-refractivity contribution is -0.686. The lowest BCUT2D eigenvalue weighted by Crippen LogP contribution is -3.00. The van der Waals surface area contributed by atoms with Gasteiger partial charge in [-0.15, -0.1) is 0 Å². The third-order valence-corrected chi connectivity index (χ3v) is 6.03. The van der Waals surface area contributed by atoms with Gasteiger partial charge in [0.05, 0.1) is 32.3 Å². The van der Waals surface area contributed by atoms with Crippen molar-refractivity contribution < 1.29 is 40.5 Å². The molecule has 1 aromatic heterocycles. The fourth-order valence-corrected chi connectivity index (χ4v) is 4.37. The van der Waals surface area contributed by atoms with Gasteiger partial charge in [0.25, 0.3) is 0 Å². The van der Waals surface area contributed by atoms with E-state index in [9.17, 15) is 0 Å². The molecule has 3 aromatic carbocycles. The number of rotatable bonds is 6. The molecule has 0 aliphatic carbocycles. The van der Waals surface area contributed by atoms with Crippen LogP contribution in [0, 0.1) is 0 Å². The molecule has 0 spiro atoms. The van der Waals surface area contributed by atoms with Gasteiger partial charge in [0.15, 0.2) is 35.7 Å². The van der Waals surface area contributed by atoms with Gasteiger partial charge >= 0.3 is 0 Å². The molecule has 5 nitrogen and oxygen atoms in total. The minimum absolute atomic E-state index is 0. The molecule has 33 heavy (non-hydrogen) atoms. The van der Waals surface area contributed by atoms with Crippen LogP contribution in [-0.2, 0) is 19.6 Å². The van der Waals surface area contributed by atoms with Gasteiger partial charge < -0.3 is 35.9 Å². The molecule has 4 aromatic rings. The summed E-state index contributed by atoms with van der Waals surface area (Å²) in [4.78, 5) is 0. The molecule has 1 aliphatic heterocycles. The molecule has 0 saturated carbocycles. The zero-order chi connectivity index (χ0) is 22.1. The second-order valence-corrected chi connectivity index (χ2v) is 7.84. The Morgan fingerprint density at radius 3 is 2.27 bits per heavy atom. The molecule has 1 aliphatic rings. The van der Waals surface area contributed by atoms with Crippen molar-refractivity contribution in [1.29, 1.82) is 0 Å².